The number of nitrogens with one attached hydrogen (secondary N) is 4. The third-order valence-electron chi connectivity index (χ3n) is 6.09. The van der Waals surface area contributed by atoms with Crippen molar-refractivity contribution in [1.82, 2.24) is 10.6 Å². The Labute approximate surface area is 228 Å². The maximum Gasteiger partial charge on any atom is 0.416 e. The van der Waals surface area contributed by atoms with Crippen molar-refractivity contribution >= 4 is 23.4 Å². The standard InChI is InChI=1S/C24H20F12N4O2/c25-21(26,27)11-5-12(22(28,29)30)8-15(7-11)37-19(41)39-17-3-1-2-4-18(17)40-20(42)38-16-9-13(23(31,32)33)6-14(10-16)24(34,35)36/h5-10,17-18H,1-4H2,(H2,37,39,41)(H2,38,40,42)/t17-,18+. The van der Waals surface area contributed by atoms with E-state index in [1.54, 1.807) is 0 Å². The van der Waals surface area contributed by atoms with E-state index in [2.05, 4.69) is 10.6 Å². The molecule has 18 heteroatoms. The summed E-state index contributed by atoms with van der Waals surface area (Å²) in [6, 6.07) is -3.51. The SMILES string of the molecule is O=C(Nc1cc(C(F)(F)F)cc(C(F)(F)F)c1)N[C@H]1CCCC[C@H]1NC(=O)Nc1cc(C(F)(F)F)cc(C(F)(F)F)c1. The summed E-state index contributed by atoms with van der Waals surface area (Å²) in [6.07, 6.45) is -19.4. The largest absolute Gasteiger partial charge is 0.416 e. The molecule has 4 amide bonds. The van der Waals surface area contributed by atoms with Crippen molar-refractivity contribution in [2.24, 2.45) is 0 Å². The lowest BCUT2D eigenvalue weighted by molar-refractivity contribution is -0.144. The molecular formula is C24H20F12N4O2. The summed E-state index contributed by atoms with van der Waals surface area (Å²) in [6.45, 7) is 0. The van der Waals surface area contributed by atoms with E-state index in [-0.39, 0.29) is 49.2 Å². The zero-order valence-electron chi connectivity index (χ0n) is 20.8. The summed E-state index contributed by atoms with van der Waals surface area (Å²) < 4.78 is 157. The van der Waals surface area contributed by atoms with Gasteiger partial charge in [0.2, 0.25) is 0 Å². The monoisotopic (exact) mass is 624 g/mol. The molecule has 2 aromatic carbocycles. The van der Waals surface area contributed by atoms with Crippen molar-refractivity contribution in [3.05, 3.63) is 58.7 Å². The summed E-state index contributed by atoms with van der Waals surface area (Å²) in [4.78, 5) is 24.9. The first-order valence-corrected chi connectivity index (χ1v) is 11.9. The molecule has 6 nitrogen and oxygen atoms in total. The molecule has 0 heterocycles. The van der Waals surface area contributed by atoms with Crippen LogP contribution in [0.25, 0.3) is 0 Å². The van der Waals surface area contributed by atoms with Crippen molar-refractivity contribution in [2.45, 2.75) is 62.5 Å². The van der Waals surface area contributed by atoms with Crippen LogP contribution in [0.3, 0.4) is 0 Å². The van der Waals surface area contributed by atoms with Gasteiger partial charge in [0.25, 0.3) is 0 Å². The fourth-order valence-corrected chi connectivity index (χ4v) is 4.20. The first kappa shape index (κ1) is 32.7. The molecule has 3 rings (SSSR count). The molecule has 2 aromatic rings. The lowest BCUT2D eigenvalue weighted by atomic mass is 9.90. The Morgan fingerprint density at radius 2 is 0.762 bits per heavy atom. The van der Waals surface area contributed by atoms with Crippen LogP contribution in [-0.4, -0.2) is 24.1 Å². The number of rotatable bonds is 4. The second-order valence-corrected chi connectivity index (χ2v) is 9.28. The van der Waals surface area contributed by atoms with E-state index in [9.17, 15) is 62.3 Å². The van der Waals surface area contributed by atoms with Gasteiger partial charge in [0.05, 0.1) is 34.3 Å². The number of hydrogen-bond acceptors (Lipinski definition) is 2. The number of amides is 4. The van der Waals surface area contributed by atoms with Crippen LogP contribution in [0, 0.1) is 0 Å². The van der Waals surface area contributed by atoms with Gasteiger partial charge in [0.15, 0.2) is 0 Å². The number of hydrogen-bond donors (Lipinski definition) is 4. The van der Waals surface area contributed by atoms with Crippen LogP contribution < -0.4 is 21.3 Å². The minimum absolute atomic E-state index is 0.134. The summed E-state index contributed by atoms with van der Waals surface area (Å²) in [5.41, 5.74) is -8.38. The predicted molar refractivity (Wildman–Crippen MR) is 123 cm³/mol. The summed E-state index contributed by atoms with van der Waals surface area (Å²) in [7, 11) is 0. The van der Waals surface area contributed by atoms with E-state index in [0.29, 0.717) is 12.8 Å². The quantitative estimate of drug-likeness (QED) is 0.260. The molecule has 42 heavy (non-hydrogen) atoms. The molecule has 1 saturated carbocycles. The number of alkyl halides is 12. The molecule has 1 fully saturated rings. The van der Waals surface area contributed by atoms with Crippen molar-refractivity contribution in [1.29, 1.82) is 0 Å². The van der Waals surface area contributed by atoms with Crippen LogP contribution >= 0.6 is 0 Å². The van der Waals surface area contributed by atoms with Crippen LogP contribution in [0.2, 0.25) is 0 Å². The van der Waals surface area contributed by atoms with Crippen LogP contribution in [-0.2, 0) is 24.7 Å². The van der Waals surface area contributed by atoms with Gasteiger partial charge >= 0.3 is 36.8 Å². The van der Waals surface area contributed by atoms with Crippen molar-refractivity contribution in [3.63, 3.8) is 0 Å². The molecule has 0 bridgehead atoms. The van der Waals surface area contributed by atoms with E-state index in [1.807, 2.05) is 10.6 Å². The highest BCUT2D eigenvalue weighted by atomic mass is 19.4. The Balaban J connectivity index is 1.73. The van der Waals surface area contributed by atoms with E-state index in [0.717, 1.165) is 0 Å². The molecule has 2 atom stereocenters. The zero-order chi connectivity index (χ0) is 31.7. The van der Waals surface area contributed by atoms with Crippen LogP contribution in [0.15, 0.2) is 36.4 Å². The Hall–Kier alpha value is -3.86. The van der Waals surface area contributed by atoms with Gasteiger partial charge in [-0.15, -0.1) is 0 Å². The number of benzene rings is 2. The van der Waals surface area contributed by atoms with Gasteiger partial charge in [0, 0.05) is 11.4 Å². The van der Waals surface area contributed by atoms with Crippen LogP contribution in [0.1, 0.15) is 47.9 Å². The topological polar surface area (TPSA) is 82.3 Å². The first-order chi connectivity index (χ1) is 19.1. The maximum absolute atomic E-state index is 13.1. The van der Waals surface area contributed by atoms with Gasteiger partial charge < -0.3 is 21.3 Å². The number of anilines is 2. The Morgan fingerprint density at radius 3 is 1.00 bits per heavy atom. The van der Waals surface area contributed by atoms with Gasteiger partial charge in [-0.2, -0.15) is 52.7 Å². The maximum atomic E-state index is 13.1. The van der Waals surface area contributed by atoms with Crippen molar-refractivity contribution in [2.75, 3.05) is 10.6 Å². The van der Waals surface area contributed by atoms with E-state index < -0.39 is 82.5 Å². The van der Waals surface area contributed by atoms with Gasteiger partial charge in [-0.3, -0.25) is 0 Å². The summed E-state index contributed by atoms with van der Waals surface area (Å²) in [5.74, 6) is 0. The average Bonchev–Trinajstić information content (AvgIpc) is 2.82. The van der Waals surface area contributed by atoms with Crippen LogP contribution in [0.5, 0.6) is 0 Å². The first-order valence-electron chi connectivity index (χ1n) is 11.9. The van der Waals surface area contributed by atoms with Crippen molar-refractivity contribution in [3.8, 4) is 0 Å². The highest BCUT2D eigenvalue weighted by Gasteiger charge is 2.39. The van der Waals surface area contributed by atoms with Gasteiger partial charge in [0.1, 0.15) is 0 Å². The van der Waals surface area contributed by atoms with E-state index in [4.69, 9.17) is 0 Å². The van der Waals surface area contributed by atoms with E-state index in [1.165, 1.54) is 0 Å². The molecule has 232 valence electrons. The second-order valence-electron chi connectivity index (χ2n) is 9.28. The molecule has 0 aliphatic heterocycles. The fourth-order valence-electron chi connectivity index (χ4n) is 4.20. The third-order valence-corrected chi connectivity index (χ3v) is 6.09. The van der Waals surface area contributed by atoms with Gasteiger partial charge in [-0.1, -0.05) is 12.8 Å². The molecular weight excluding hydrogens is 604 g/mol. The number of halogens is 12. The van der Waals surface area contributed by atoms with Crippen LogP contribution in [0.4, 0.5) is 73.6 Å². The number of carbonyl (C=O) groups excluding carboxylic acids is 2. The smallest absolute Gasteiger partial charge is 0.333 e. The van der Waals surface area contributed by atoms with Gasteiger partial charge in [-0.25, -0.2) is 9.59 Å². The Bertz CT molecular complexity index is 1140. The molecule has 1 aliphatic rings. The molecule has 0 aromatic heterocycles. The highest BCUT2D eigenvalue weighted by Crippen LogP contribution is 2.39. The summed E-state index contributed by atoms with van der Waals surface area (Å²) in [5, 5.41) is 8.37. The predicted octanol–water partition coefficient (Wildman–Crippen LogP) is 8.02. The molecule has 0 saturated heterocycles. The highest BCUT2D eigenvalue weighted by molar-refractivity contribution is 5.91. The lowest BCUT2D eigenvalue weighted by Crippen LogP contribution is -2.54. The van der Waals surface area contributed by atoms with Gasteiger partial charge in [-0.05, 0) is 49.2 Å². The third kappa shape index (κ3) is 8.82. The molecule has 4 N–H and O–H groups in total. The zero-order valence-corrected chi connectivity index (χ0v) is 20.8. The Kier molecular flexibility index (Phi) is 9.17. The van der Waals surface area contributed by atoms with Crippen molar-refractivity contribution < 1.29 is 62.3 Å². The molecule has 0 unspecified atom stereocenters. The minimum atomic E-state index is -5.17. The average molecular weight is 624 g/mol. The normalized spacial score (nSPS) is 18.3. The molecule has 1 aliphatic carbocycles. The molecule has 0 radical (unpaired) electrons. The number of carbonyl (C=O) groups is 2. The summed E-state index contributed by atoms with van der Waals surface area (Å²) >= 11 is 0. The lowest BCUT2D eigenvalue weighted by Gasteiger charge is -2.32. The minimum Gasteiger partial charge on any atom is -0.333 e. The molecule has 0 spiro atoms. The second kappa shape index (κ2) is 11.8. The number of urea groups is 2. The Morgan fingerprint density at radius 1 is 0.500 bits per heavy atom. The van der Waals surface area contributed by atoms with E-state index >= 15 is 0 Å². The fraction of sp³-hybridized carbons (Fsp3) is 0.417.